The van der Waals surface area contributed by atoms with Crippen LogP contribution < -0.4 is 0 Å². The first kappa shape index (κ1) is 14.4. The fourth-order valence-electron chi connectivity index (χ4n) is 1.65. The normalized spacial score (nSPS) is 19.5. The molecule has 0 unspecified atom stereocenters. The van der Waals surface area contributed by atoms with Gasteiger partial charge in [-0.15, -0.1) is 5.06 Å². The van der Waals surface area contributed by atoms with Crippen molar-refractivity contribution in [3.05, 3.63) is 0 Å². The van der Waals surface area contributed by atoms with Crippen LogP contribution in [0.25, 0.3) is 0 Å². The van der Waals surface area contributed by atoms with Gasteiger partial charge in [-0.1, -0.05) is 0 Å². The maximum atomic E-state index is 11.6. The van der Waals surface area contributed by atoms with Gasteiger partial charge in [0, 0.05) is 13.1 Å². The molecule has 17 heavy (non-hydrogen) atoms. The van der Waals surface area contributed by atoms with E-state index in [0.29, 0.717) is 13.1 Å². The summed E-state index contributed by atoms with van der Waals surface area (Å²) in [7, 11) is -2.30. The Morgan fingerprint density at radius 3 is 2.24 bits per heavy atom. The molecule has 0 aromatic rings. The minimum absolute atomic E-state index is 0.209. The van der Waals surface area contributed by atoms with Crippen molar-refractivity contribution in [2.24, 2.45) is 11.3 Å². The van der Waals surface area contributed by atoms with Crippen molar-refractivity contribution < 1.29 is 18.0 Å². The zero-order valence-corrected chi connectivity index (χ0v) is 11.5. The summed E-state index contributed by atoms with van der Waals surface area (Å²) in [5, 5.41) is 1.64. The first-order valence-electron chi connectivity index (χ1n) is 5.88. The van der Waals surface area contributed by atoms with Crippen molar-refractivity contribution in [1.82, 2.24) is 5.06 Å². The standard InChI is InChI=1S/C11H21NO4S/c1-11(2,3)10(13)16-12-6-4-9(5-7-12)8-17(14)15/h9,17H,4-8H2,1-3H3. The zero-order chi connectivity index (χ0) is 13.1. The largest absolute Gasteiger partial charge is 0.367 e. The Kier molecular flexibility index (Phi) is 4.94. The summed E-state index contributed by atoms with van der Waals surface area (Å²) < 4.78 is 21.2. The van der Waals surface area contributed by atoms with Gasteiger partial charge in [0.25, 0.3) is 0 Å². The summed E-state index contributed by atoms with van der Waals surface area (Å²) in [6.45, 7) is 6.67. The zero-order valence-electron chi connectivity index (χ0n) is 10.6. The molecule has 100 valence electrons. The van der Waals surface area contributed by atoms with Gasteiger partial charge in [-0.25, -0.2) is 13.2 Å². The third-order valence-corrected chi connectivity index (χ3v) is 3.62. The van der Waals surface area contributed by atoms with Crippen LogP contribution in [-0.2, 0) is 20.3 Å². The Balaban J connectivity index is 2.35. The highest BCUT2D eigenvalue weighted by Gasteiger charge is 2.28. The van der Waals surface area contributed by atoms with E-state index in [2.05, 4.69) is 0 Å². The van der Waals surface area contributed by atoms with E-state index in [0.717, 1.165) is 12.8 Å². The molecular weight excluding hydrogens is 242 g/mol. The van der Waals surface area contributed by atoms with Crippen molar-refractivity contribution in [2.45, 2.75) is 33.6 Å². The van der Waals surface area contributed by atoms with Crippen LogP contribution in [0, 0.1) is 11.3 Å². The van der Waals surface area contributed by atoms with Gasteiger partial charge in [0.2, 0.25) is 0 Å². The number of piperidine rings is 1. The van der Waals surface area contributed by atoms with Crippen LogP contribution in [0.2, 0.25) is 0 Å². The number of hydrogen-bond donors (Lipinski definition) is 1. The molecule has 1 fully saturated rings. The number of carbonyl (C=O) groups excluding carboxylic acids is 1. The van der Waals surface area contributed by atoms with Gasteiger partial charge in [-0.3, -0.25) is 0 Å². The average Bonchev–Trinajstić information content (AvgIpc) is 2.18. The Hall–Kier alpha value is -0.620. The van der Waals surface area contributed by atoms with Gasteiger partial charge in [-0.2, -0.15) is 0 Å². The lowest BCUT2D eigenvalue weighted by Gasteiger charge is -2.31. The molecule has 1 saturated heterocycles. The molecule has 5 nitrogen and oxygen atoms in total. The van der Waals surface area contributed by atoms with Gasteiger partial charge in [0.1, 0.15) is 10.7 Å². The summed E-state index contributed by atoms with van der Waals surface area (Å²) >= 11 is 0. The first-order chi connectivity index (χ1) is 7.79. The first-order valence-corrected chi connectivity index (χ1v) is 7.24. The Bertz CT molecular complexity index is 330. The van der Waals surface area contributed by atoms with E-state index in [1.165, 1.54) is 0 Å². The van der Waals surface area contributed by atoms with E-state index in [4.69, 9.17) is 4.84 Å². The van der Waals surface area contributed by atoms with Gasteiger partial charge >= 0.3 is 5.97 Å². The highest BCUT2D eigenvalue weighted by Crippen LogP contribution is 2.21. The van der Waals surface area contributed by atoms with E-state index >= 15 is 0 Å². The molecule has 0 amide bonds. The molecule has 0 bridgehead atoms. The number of hydrogen-bond acceptors (Lipinski definition) is 5. The number of hydroxylamine groups is 2. The minimum Gasteiger partial charge on any atom is -0.367 e. The van der Waals surface area contributed by atoms with E-state index in [1.807, 2.05) is 20.8 Å². The summed E-state index contributed by atoms with van der Waals surface area (Å²) in [6, 6.07) is 0. The van der Waals surface area contributed by atoms with Crippen molar-refractivity contribution in [3.63, 3.8) is 0 Å². The lowest BCUT2D eigenvalue weighted by molar-refractivity contribution is -0.205. The number of nitrogens with zero attached hydrogens (tertiary/aromatic N) is 1. The molecule has 0 aromatic heterocycles. The second-order valence-corrected chi connectivity index (χ2v) is 6.55. The Morgan fingerprint density at radius 1 is 1.29 bits per heavy atom. The summed E-state index contributed by atoms with van der Waals surface area (Å²) in [6.07, 6.45) is 1.53. The minimum atomic E-state index is -2.30. The van der Waals surface area contributed by atoms with Gasteiger partial charge in [0.15, 0.2) is 0 Å². The molecule has 6 heteroatoms. The second-order valence-electron chi connectivity index (χ2n) is 5.52. The van der Waals surface area contributed by atoms with Gasteiger partial charge < -0.3 is 4.84 Å². The van der Waals surface area contributed by atoms with E-state index in [-0.39, 0.29) is 17.6 Å². The summed E-state index contributed by atoms with van der Waals surface area (Å²) in [5.41, 5.74) is -0.505. The van der Waals surface area contributed by atoms with Crippen molar-refractivity contribution >= 4 is 16.7 Å². The van der Waals surface area contributed by atoms with Crippen LogP contribution in [0.1, 0.15) is 33.6 Å². The molecule has 0 spiro atoms. The van der Waals surface area contributed by atoms with E-state index < -0.39 is 16.1 Å². The number of rotatable bonds is 3. The topological polar surface area (TPSA) is 63.7 Å². The molecule has 0 saturated carbocycles. The third kappa shape index (κ3) is 5.04. The van der Waals surface area contributed by atoms with E-state index in [9.17, 15) is 13.2 Å². The maximum absolute atomic E-state index is 11.6. The summed E-state index contributed by atoms with van der Waals surface area (Å²) in [5.74, 6) is 0.211. The molecule has 0 radical (unpaired) electrons. The summed E-state index contributed by atoms with van der Waals surface area (Å²) in [4.78, 5) is 16.9. The molecule has 1 rings (SSSR count). The molecule has 0 aromatic carbocycles. The SMILES string of the molecule is CC(C)(C)C(=O)ON1CCC(C[SH](=O)=O)CC1. The quantitative estimate of drug-likeness (QED) is 0.764. The Morgan fingerprint density at radius 2 is 1.82 bits per heavy atom. The van der Waals surface area contributed by atoms with Gasteiger partial charge in [0.05, 0.1) is 11.2 Å². The van der Waals surface area contributed by atoms with Crippen molar-refractivity contribution in [2.75, 3.05) is 18.8 Å². The van der Waals surface area contributed by atoms with Crippen molar-refractivity contribution in [1.29, 1.82) is 0 Å². The highest BCUT2D eigenvalue weighted by molar-refractivity contribution is 7.72. The predicted molar refractivity (Wildman–Crippen MR) is 65.0 cm³/mol. The molecule has 1 aliphatic rings. The fraction of sp³-hybridized carbons (Fsp3) is 0.909. The van der Waals surface area contributed by atoms with Crippen LogP contribution >= 0.6 is 0 Å². The monoisotopic (exact) mass is 263 g/mol. The predicted octanol–water partition coefficient (Wildman–Crippen LogP) is 0.814. The molecular formula is C11H21NO4S. The third-order valence-electron chi connectivity index (χ3n) is 2.81. The fourth-order valence-corrected chi connectivity index (χ4v) is 2.43. The smallest absolute Gasteiger partial charge is 0.330 e. The molecule has 0 N–H and O–H groups in total. The van der Waals surface area contributed by atoms with E-state index in [1.54, 1.807) is 5.06 Å². The molecule has 1 aliphatic heterocycles. The average molecular weight is 263 g/mol. The number of thiol groups is 1. The lowest BCUT2D eigenvalue weighted by Crippen LogP contribution is -2.39. The number of carbonyl (C=O) groups is 1. The van der Waals surface area contributed by atoms with Crippen LogP contribution in [0.3, 0.4) is 0 Å². The second kappa shape index (κ2) is 5.82. The van der Waals surface area contributed by atoms with Gasteiger partial charge in [-0.05, 0) is 39.5 Å². The molecule has 1 heterocycles. The highest BCUT2D eigenvalue weighted by atomic mass is 32.2. The Labute approximate surface area is 104 Å². The van der Waals surface area contributed by atoms with Crippen LogP contribution in [0.15, 0.2) is 0 Å². The van der Waals surface area contributed by atoms with Crippen LogP contribution in [0.5, 0.6) is 0 Å². The maximum Gasteiger partial charge on any atom is 0.330 e. The van der Waals surface area contributed by atoms with Crippen molar-refractivity contribution in [3.8, 4) is 0 Å². The van der Waals surface area contributed by atoms with Crippen LogP contribution in [-0.4, -0.2) is 38.3 Å². The van der Waals surface area contributed by atoms with Crippen LogP contribution in [0.4, 0.5) is 0 Å². The lowest BCUT2D eigenvalue weighted by atomic mass is 9.97. The molecule has 0 aliphatic carbocycles. The molecule has 0 atom stereocenters.